The zero-order valence-corrected chi connectivity index (χ0v) is 12.5. The van der Waals surface area contributed by atoms with Gasteiger partial charge in [-0.25, -0.2) is 22.0 Å². The number of halogens is 7. The monoisotopic (exact) mass is 369 g/mol. The molecule has 0 aliphatic rings. The van der Waals surface area contributed by atoms with Gasteiger partial charge in [0.25, 0.3) is 5.91 Å². The minimum atomic E-state index is -2.33. The summed E-state index contributed by atoms with van der Waals surface area (Å²) in [5.74, 6) is -12.6. The number of nitrogens with one attached hydrogen (secondary N) is 1. The molecule has 0 aromatic heterocycles. The van der Waals surface area contributed by atoms with Crippen LogP contribution in [0.5, 0.6) is 0 Å². The minimum Gasteiger partial charge on any atom is -0.348 e. The standard InChI is InChI=1S/C14H6Cl2F5NO/c15-6-2-1-5(3-7(6)16)4-22-14(23)8-9(17)11(19)13(21)12(20)10(8)18/h1-3H,4H2,(H,22,23). The largest absolute Gasteiger partial charge is 0.348 e. The molecular formula is C14H6Cl2F5NO. The number of amides is 1. The number of rotatable bonds is 3. The highest BCUT2D eigenvalue weighted by Gasteiger charge is 2.29. The number of carbonyl (C=O) groups is 1. The van der Waals surface area contributed by atoms with Gasteiger partial charge in [-0.15, -0.1) is 0 Å². The van der Waals surface area contributed by atoms with Gasteiger partial charge < -0.3 is 5.32 Å². The summed E-state index contributed by atoms with van der Waals surface area (Å²) in [7, 11) is 0. The van der Waals surface area contributed by atoms with Crippen molar-refractivity contribution < 1.29 is 26.7 Å². The maximum atomic E-state index is 13.5. The van der Waals surface area contributed by atoms with Crippen LogP contribution in [0.15, 0.2) is 18.2 Å². The lowest BCUT2D eigenvalue weighted by atomic mass is 10.1. The SMILES string of the molecule is O=C(NCc1ccc(Cl)c(Cl)c1)c1c(F)c(F)c(F)c(F)c1F. The Morgan fingerprint density at radius 1 is 0.870 bits per heavy atom. The van der Waals surface area contributed by atoms with Gasteiger partial charge in [-0.2, -0.15) is 0 Å². The molecule has 2 aromatic carbocycles. The van der Waals surface area contributed by atoms with E-state index in [4.69, 9.17) is 23.2 Å². The van der Waals surface area contributed by atoms with Crippen LogP contribution in [0.3, 0.4) is 0 Å². The Bertz CT molecular complexity index is 768. The van der Waals surface area contributed by atoms with Crippen LogP contribution in [0, 0.1) is 29.1 Å². The normalized spacial score (nSPS) is 10.7. The summed E-state index contributed by atoms with van der Waals surface area (Å²) in [5, 5.41) is 2.47. The van der Waals surface area contributed by atoms with Gasteiger partial charge in [0.1, 0.15) is 5.56 Å². The van der Waals surface area contributed by atoms with Gasteiger partial charge in [0.2, 0.25) is 5.82 Å². The first kappa shape index (κ1) is 17.5. The molecule has 0 bridgehead atoms. The molecule has 1 amide bonds. The lowest BCUT2D eigenvalue weighted by Crippen LogP contribution is -2.26. The van der Waals surface area contributed by atoms with Crippen LogP contribution < -0.4 is 5.32 Å². The first-order chi connectivity index (χ1) is 10.7. The molecule has 2 aromatic rings. The van der Waals surface area contributed by atoms with E-state index in [9.17, 15) is 26.7 Å². The molecule has 1 N–H and O–H groups in total. The van der Waals surface area contributed by atoms with Crippen LogP contribution in [0.1, 0.15) is 15.9 Å². The average Bonchev–Trinajstić information content (AvgIpc) is 2.52. The molecule has 0 aliphatic heterocycles. The van der Waals surface area contributed by atoms with Crippen molar-refractivity contribution in [2.45, 2.75) is 6.54 Å². The Morgan fingerprint density at radius 3 is 1.91 bits per heavy atom. The highest BCUT2D eigenvalue weighted by Crippen LogP contribution is 2.24. The molecule has 122 valence electrons. The molecule has 23 heavy (non-hydrogen) atoms. The number of benzene rings is 2. The third kappa shape index (κ3) is 3.40. The third-order valence-corrected chi connectivity index (χ3v) is 3.61. The van der Waals surface area contributed by atoms with E-state index in [1.807, 2.05) is 5.32 Å². The lowest BCUT2D eigenvalue weighted by Gasteiger charge is -2.09. The van der Waals surface area contributed by atoms with Gasteiger partial charge in [-0.1, -0.05) is 29.3 Å². The molecule has 2 nitrogen and oxygen atoms in total. The molecule has 0 radical (unpaired) electrons. The number of carbonyl (C=O) groups excluding carboxylic acids is 1. The summed E-state index contributed by atoms with van der Waals surface area (Å²) in [6, 6.07) is 4.26. The summed E-state index contributed by atoms with van der Waals surface area (Å²) in [5.41, 5.74) is -1.14. The Balaban J connectivity index is 2.26. The maximum Gasteiger partial charge on any atom is 0.257 e. The van der Waals surface area contributed by atoms with Gasteiger partial charge in [-0.05, 0) is 17.7 Å². The zero-order valence-electron chi connectivity index (χ0n) is 11.0. The second kappa shape index (κ2) is 6.72. The fourth-order valence-corrected chi connectivity index (χ4v) is 2.05. The summed E-state index contributed by atoms with van der Waals surface area (Å²) in [6.07, 6.45) is 0. The minimum absolute atomic E-state index is 0.176. The highest BCUT2D eigenvalue weighted by atomic mass is 35.5. The summed E-state index contributed by atoms with van der Waals surface area (Å²) in [4.78, 5) is 11.7. The Morgan fingerprint density at radius 2 is 1.39 bits per heavy atom. The topological polar surface area (TPSA) is 29.1 Å². The van der Waals surface area contributed by atoms with Crippen LogP contribution >= 0.6 is 23.2 Å². The average molecular weight is 370 g/mol. The molecule has 0 aliphatic carbocycles. The van der Waals surface area contributed by atoms with Crippen LogP contribution in [0.25, 0.3) is 0 Å². The molecule has 0 saturated carbocycles. The molecule has 0 unspecified atom stereocenters. The van der Waals surface area contributed by atoms with Crippen molar-refractivity contribution in [3.63, 3.8) is 0 Å². The Kier molecular flexibility index (Phi) is 5.11. The van der Waals surface area contributed by atoms with Crippen molar-refractivity contribution in [1.82, 2.24) is 5.32 Å². The molecule has 9 heteroatoms. The molecule has 0 saturated heterocycles. The van der Waals surface area contributed by atoms with Crippen LogP contribution in [0.2, 0.25) is 10.0 Å². The highest BCUT2D eigenvalue weighted by molar-refractivity contribution is 6.42. The van der Waals surface area contributed by atoms with E-state index in [0.717, 1.165) is 0 Å². The van der Waals surface area contributed by atoms with Gasteiger partial charge >= 0.3 is 0 Å². The summed E-state index contributed by atoms with van der Waals surface area (Å²) >= 11 is 11.4. The first-order valence-corrected chi connectivity index (χ1v) is 6.73. The van der Waals surface area contributed by atoms with Crippen LogP contribution in [-0.4, -0.2) is 5.91 Å². The van der Waals surface area contributed by atoms with Crippen molar-refractivity contribution >= 4 is 29.1 Å². The van der Waals surface area contributed by atoms with E-state index in [0.29, 0.717) is 5.56 Å². The van der Waals surface area contributed by atoms with Crippen molar-refractivity contribution in [1.29, 1.82) is 0 Å². The van der Waals surface area contributed by atoms with Crippen molar-refractivity contribution in [2.24, 2.45) is 0 Å². The quantitative estimate of drug-likeness (QED) is 0.477. The smallest absolute Gasteiger partial charge is 0.257 e. The predicted molar refractivity (Wildman–Crippen MR) is 73.9 cm³/mol. The van der Waals surface area contributed by atoms with E-state index in [2.05, 4.69) is 0 Å². The van der Waals surface area contributed by atoms with Gasteiger partial charge in [-0.3, -0.25) is 4.79 Å². The zero-order chi connectivity index (χ0) is 17.3. The van der Waals surface area contributed by atoms with Gasteiger partial charge in [0.15, 0.2) is 23.3 Å². The van der Waals surface area contributed by atoms with Gasteiger partial charge in [0, 0.05) is 6.54 Å². The summed E-state index contributed by atoms with van der Waals surface area (Å²) < 4.78 is 66.0. The maximum absolute atomic E-state index is 13.5. The first-order valence-electron chi connectivity index (χ1n) is 5.97. The fourth-order valence-electron chi connectivity index (χ4n) is 1.72. The van der Waals surface area contributed by atoms with Crippen LogP contribution in [0.4, 0.5) is 22.0 Å². The van der Waals surface area contributed by atoms with Crippen molar-refractivity contribution in [3.8, 4) is 0 Å². The predicted octanol–water partition coefficient (Wildman–Crippen LogP) is 4.62. The van der Waals surface area contributed by atoms with E-state index in [-0.39, 0.29) is 16.6 Å². The van der Waals surface area contributed by atoms with E-state index < -0.39 is 40.6 Å². The van der Waals surface area contributed by atoms with E-state index >= 15 is 0 Å². The second-order valence-electron chi connectivity index (χ2n) is 4.38. The van der Waals surface area contributed by atoms with Crippen molar-refractivity contribution in [3.05, 3.63) is 68.5 Å². The summed E-state index contributed by atoms with van der Waals surface area (Å²) in [6.45, 7) is -0.255. The van der Waals surface area contributed by atoms with Crippen LogP contribution in [-0.2, 0) is 6.54 Å². The number of hydrogen-bond acceptors (Lipinski definition) is 1. The molecule has 0 fully saturated rings. The second-order valence-corrected chi connectivity index (χ2v) is 5.19. The molecular weight excluding hydrogens is 364 g/mol. The number of hydrogen-bond donors (Lipinski definition) is 1. The molecule has 0 heterocycles. The Hall–Kier alpha value is -1.86. The Labute approximate surface area is 136 Å². The van der Waals surface area contributed by atoms with E-state index in [1.165, 1.54) is 18.2 Å². The fraction of sp³-hybridized carbons (Fsp3) is 0.0714. The molecule has 0 atom stereocenters. The lowest BCUT2D eigenvalue weighted by molar-refractivity contribution is 0.0939. The third-order valence-electron chi connectivity index (χ3n) is 2.87. The molecule has 0 spiro atoms. The molecule has 2 rings (SSSR count). The van der Waals surface area contributed by atoms with Gasteiger partial charge in [0.05, 0.1) is 10.0 Å². The van der Waals surface area contributed by atoms with E-state index in [1.54, 1.807) is 0 Å². The van der Waals surface area contributed by atoms with Crippen molar-refractivity contribution in [2.75, 3.05) is 0 Å².